The van der Waals surface area contributed by atoms with Crippen molar-refractivity contribution in [2.75, 3.05) is 43.1 Å². The second kappa shape index (κ2) is 9.06. The number of nitrogens with two attached hydrogens (primary N) is 1. The van der Waals surface area contributed by atoms with Crippen LogP contribution in [-0.2, 0) is 0 Å². The van der Waals surface area contributed by atoms with Gasteiger partial charge in [-0.15, -0.1) is 0 Å². The topological polar surface area (TPSA) is 67.5 Å². The maximum Gasteiger partial charge on any atom is 0.140 e. The van der Waals surface area contributed by atoms with Gasteiger partial charge in [0.2, 0.25) is 0 Å². The molecule has 0 bridgehead atoms. The highest BCUT2D eigenvalue weighted by atomic mass is 16.5. The molecule has 34 heavy (non-hydrogen) atoms. The van der Waals surface area contributed by atoms with Gasteiger partial charge in [0.25, 0.3) is 0 Å². The van der Waals surface area contributed by atoms with Crippen LogP contribution in [0.4, 0.5) is 11.5 Å². The Kier molecular flexibility index (Phi) is 5.77. The lowest BCUT2D eigenvalue weighted by molar-refractivity contribution is 0.397. The van der Waals surface area contributed by atoms with Crippen LogP contribution in [0.1, 0.15) is 61.7 Å². The van der Waals surface area contributed by atoms with E-state index in [9.17, 15) is 0 Å². The standard InChI is InChI=1S/C28H35N5O/c1-34-26-5-3-2-4-23(26)19-10-14-33(15-11-19)28-24-18-22(32-16-12-21(29)13-17-32)8-9-25(24)30-27(31-28)20-6-7-20/h2-5,8-9,18-21H,6-7,10-17,29H2,1H3. The highest BCUT2D eigenvalue weighted by Crippen LogP contribution is 2.42. The number of rotatable bonds is 5. The van der Waals surface area contributed by atoms with Crippen LogP contribution in [0.25, 0.3) is 10.9 Å². The molecule has 1 aliphatic carbocycles. The van der Waals surface area contributed by atoms with Crippen molar-refractivity contribution >= 4 is 22.4 Å². The summed E-state index contributed by atoms with van der Waals surface area (Å²) in [5, 5.41) is 1.19. The molecule has 6 nitrogen and oxygen atoms in total. The summed E-state index contributed by atoms with van der Waals surface area (Å²) in [5.41, 5.74) is 9.83. The van der Waals surface area contributed by atoms with Crippen LogP contribution in [0.15, 0.2) is 42.5 Å². The summed E-state index contributed by atoms with van der Waals surface area (Å²) in [6, 6.07) is 15.6. The first-order valence-electron chi connectivity index (χ1n) is 12.9. The maximum atomic E-state index is 6.15. The molecule has 3 aliphatic rings. The average Bonchev–Trinajstić information content (AvgIpc) is 3.74. The number of fused-ring (bicyclic) bond motifs is 1. The highest BCUT2D eigenvalue weighted by molar-refractivity contribution is 5.92. The first-order valence-corrected chi connectivity index (χ1v) is 12.9. The summed E-state index contributed by atoms with van der Waals surface area (Å²) < 4.78 is 5.65. The third-order valence-corrected chi connectivity index (χ3v) is 7.90. The van der Waals surface area contributed by atoms with Gasteiger partial charge in [-0.1, -0.05) is 18.2 Å². The minimum Gasteiger partial charge on any atom is -0.496 e. The SMILES string of the molecule is COc1ccccc1C1CCN(c2nc(C3CC3)nc3ccc(N4CCC(N)CC4)cc23)CC1. The Balaban J connectivity index is 1.30. The molecule has 3 heterocycles. The number of anilines is 2. The van der Waals surface area contributed by atoms with Gasteiger partial charge in [-0.25, -0.2) is 9.97 Å². The largest absolute Gasteiger partial charge is 0.496 e. The number of ether oxygens (including phenoxy) is 1. The lowest BCUT2D eigenvalue weighted by atomic mass is 9.88. The summed E-state index contributed by atoms with van der Waals surface area (Å²) in [4.78, 5) is 15.1. The van der Waals surface area contributed by atoms with E-state index in [1.54, 1.807) is 7.11 Å². The average molecular weight is 458 g/mol. The fourth-order valence-electron chi connectivity index (χ4n) is 5.64. The van der Waals surface area contributed by atoms with Crippen molar-refractivity contribution in [3.8, 4) is 5.75 Å². The third kappa shape index (κ3) is 4.20. The number of piperidine rings is 2. The first-order chi connectivity index (χ1) is 16.7. The number of nitrogens with zero attached hydrogens (tertiary/aromatic N) is 4. The fourth-order valence-corrected chi connectivity index (χ4v) is 5.64. The molecule has 0 amide bonds. The van der Waals surface area contributed by atoms with Crippen LogP contribution < -0.4 is 20.3 Å². The number of benzene rings is 2. The van der Waals surface area contributed by atoms with Crippen molar-refractivity contribution in [3.05, 3.63) is 53.9 Å². The van der Waals surface area contributed by atoms with Gasteiger partial charge in [0, 0.05) is 49.2 Å². The molecule has 2 saturated heterocycles. The summed E-state index contributed by atoms with van der Waals surface area (Å²) in [5.74, 6) is 4.23. The van der Waals surface area contributed by atoms with Crippen molar-refractivity contribution in [1.29, 1.82) is 0 Å². The highest BCUT2D eigenvalue weighted by Gasteiger charge is 2.30. The van der Waals surface area contributed by atoms with Crippen LogP contribution in [0.5, 0.6) is 5.75 Å². The molecule has 0 unspecified atom stereocenters. The summed E-state index contributed by atoms with van der Waals surface area (Å²) in [6.45, 7) is 4.05. The maximum absolute atomic E-state index is 6.15. The van der Waals surface area contributed by atoms with E-state index in [2.05, 4.69) is 52.3 Å². The zero-order chi connectivity index (χ0) is 23.1. The van der Waals surface area contributed by atoms with Crippen LogP contribution in [0.2, 0.25) is 0 Å². The second-order valence-electron chi connectivity index (χ2n) is 10.2. The van der Waals surface area contributed by atoms with Gasteiger partial charge in [-0.05, 0) is 74.3 Å². The Morgan fingerprint density at radius 1 is 0.824 bits per heavy atom. The number of aromatic nitrogens is 2. The minimum absolute atomic E-state index is 0.334. The van der Waals surface area contributed by atoms with E-state index in [1.165, 1.54) is 29.5 Å². The zero-order valence-electron chi connectivity index (χ0n) is 20.1. The number of para-hydroxylation sites is 1. The van der Waals surface area contributed by atoms with Crippen molar-refractivity contribution in [1.82, 2.24) is 9.97 Å². The number of methoxy groups -OCH3 is 1. The van der Waals surface area contributed by atoms with Crippen LogP contribution >= 0.6 is 0 Å². The summed E-state index contributed by atoms with van der Waals surface area (Å²) in [6.07, 6.45) is 6.75. The van der Waals surface area contributed by atoms with Crippen molar-refractivity contribution < 1.29 is 4.74 Å². The van der Waals surface area contributed by atoms with E-state index in [4.69, 9.17) is 20.4 Å². The lowest BCUT2D eigenvalue weighted by Gasteiger charge is -2.35. The molecule has 1 aromatic heterocycles. The van der Waals surface area contributed by atoms with E-state index in [0.29, 0.717) is 17.9 Å². The molecule has 0 radical (unpaired) electrons. The molecule has 2 N–H and O–H groups in total. The van der Waals surface area contributed by atoms with Gasteiger partial charge in [0.05, 0.1) is 12.6 Å². The quantitative estimate of drug-likeness (QED) is 0.592. The van der Waals surface area contributed by atoms with Gasteiger partial charge in [0.1, 0.15) is 17.4 Å². The molecule has 0 spiro atoms. The number of hydrogen-bond donors (Lipinski definition) is 1. The van der Waals surface area contributed by atoms with Gasteiger partial charge in [-0.3, -0.25) is 0 Å². The predicted octanol–water partition coefficient (Wildman–Crippen LogP) is 4.83. The molecular weight excluding hydrogens is 422 g/mol. The molecule has 178 valence electrons. The van der Waals surface area contributed by atoms with Crippen molar-refractivity contribution in [2.45, 2.75) is 56.4 Å². The molecule has 3 aromatic rings. The molecule has 6 heteroatoms. The Morgan fingerprint density at radius 2 is 1.56 bits per heavy atom. The second-order valence-corrected chi connectivity index (χ2v) is 10.2. The fraction of sp³-hybridized carbons (Fsp3) is 0.500. The van der Waals surface area contributed by atoms with Gasteiger partial charge in [0.15, 0.2) is 0 Å². The zero-order valence-corrected chi connectivity index (χ0v) is 20.1. The predicted molar refractivity (Wildman–Crippen MR) is 138 cm³/mol. The molecule has 3 fully saturated rings. The smallest absolute Gasteiger partial charge is 0.140 e. The van der Waals surface area contributed by atoms with E-state index in [1.807, 2.05) is 0 Å². The van der Waals surface area contributed by atoms with Gasteiger partial charge >= 0.3 is 0 Å². The molecule has 6 rings (SSSR count). The van der Waals surface area contributed by atoms with Gasteiger partial charge in [-0.2, -0.15) is 0 Å². The Morgan fingerprint density at radius 3 is 2.29 bits per heavy atom. The Labute approximate surface area is 202 Å². The minimum atomic E-state index is 0.334. The van der Waals surface area contributed by atoms with Crippen LogP contribution in [0.3, 0.4) is 0 Å². The van der Waals surface area contributed by atoms with Crippen LogP contribution in [-0.4, -0.2) is 49.3 Å². The number of hydrogen-bond acceptors (Lipinski definition) is 6. The van der Waals surface area contributed by atoms with E-state index < -0.39 is 0 Å². The molecule has 0 atom stereocenters. The van der Waals surface area contributed by atoms with Crippen LogP contribution in [0, 0.1) is 0 Å². The molecule has 2 aromatic carbocycles. The van der Waals surface area contributed by atoms with Crippen molar-refractivity contribution in [3.63, 3.8) is 0 Å². The van der Waals surface area contributed by atoms with Crippen molar-refractivity contribution in [2.24, 2.45) is 5.73 Å². The molecular formula is C28H35N5O. The molecule has 1 saturated carbocycles. The summed E-state index contributed by atoms with van der Waals surface area (Å²) in [7, 11) is 1.77. The lowest BCUT2D eigenvalue weighted by Crippen LogP contribution is -2.39. The van der Waals surface area contributed by atoms with E-state index in [0.717, 1.165) is 74.8 Å². The Hall–Kier alpha value is -2.86. The third-order valence-electron chi connectivity index (χ3n) is 7.90. The first kappa shape index (κ1) is 21.7. The van der Waals surface area contributed by atoms with Gasteiger partial charge < -0.3 is 20.3 Å². The normalized spacial score (nSPS) is 20.2. The van der Waals surface area contributed by atoms with E-state index in [-0.39, 0.29) is 0 Å². The summed E-state index contributed by atoms with van der Waals surface area (Å²) >= 11 is 0. The van der Waals surface area contributed by atoms with E-state index >= 15 is 0 Å². The Bertz CT molecular complexity index is 1160. The monoisotopic (exact) mass is 457 g/mol. The molecule has 2 aliphatic heterocycles.